The zero-order chi connectivity index (χ0) is 14.5. The predicted octanol–water partition coefficient (Wildman–Crippen LogP) is 3.97. The van der Waals surface area contributed by atoms with Gasteiger partial charge in [0.2, 0.25) is 0 Å². The van der Waals surface area contributed by atoms with Crippen molar-refractivity contribution < 1.29 is 14.2 Å². The van der Waals surface area contributed by atoms with Crippen molar-refractivity contribution in [3.8, 4) is 0 Å². The lowest BCUT2D eigenvalue weighted by Crippen LogP contribution is -2.33. The number of hydrogen-bond acceptors (Lipinski definition) is 3. The molecule has 4 heteroatoms. The van der Waals surface area contributed by atoms with Gasteiger partial charge in [0, 0.05) is 10.6 Å². The van der Waals surface area contributed by atoms with Crippen LogP contribution < -0.4 is 0 Å². The summed E-state index contributed by atoms with van der Waals surface area (Å²) in [4.78, 5) is 0. The third-order valence-electron chi connectivity index (χ3n) is 3.34. The molecule has 0 aromatic heterocycles. The van der Waals surface area contributed by atoms with Crippen LogP contribution in [0.3, 0.4) is 0 Å². The third kappa shape index (κ3) is 4.05. The van der Waals surface area contributed by atoms with Gasteiger partial charge in [-0.2, -0.15) is 0 Å². The Morgan fingerprint density at radius 2 is 1.62 bits per heavy atom. The first-order valence-electron chi connectivity index (χ1n) is 6.95. The molecule has 21 heavy (non-hydrogen) atoms. The van der Waals surface area contributed by atoms with Crippen LogP contribution in [0.5, 0.6) is 0 Å². The first-order valence-corrected chi connectivity index (χ1v) is 7.33. The van der Waals surface area contributed by atoms with E-state index in [0.29, 0.717) is 19.8 Å². The van der Waals surface area contributed by atoms with Gasteiger partial charge >= 0.3 is 0 Å². The van der Waals surface area contributed by atoms with E-state index < -0.39 is 0 Å². The molecular formula is C17H17ClO3. The second-order valence-corrected chi connectivity index (χ2v) is 5.41. The average Bonchev–Trinajstić information content (AvgIpc) is 2.56. The van der Waals surface area contributed by atoms with Gasteiger partial charge in [-0.15, -0.1) is 0 Å². The summed E-state index contributed by atoms with van der Waals surface area (Å²) in [5.74, 6) is 0. The molecule has 1 saturated heterocycles. The van der Waals surface area contributed by atoms with Crippen molar-refractivity contribution in [1.82, 2.24) is 0 Å². The highest BCUT2D eigenvalue weighted by Crippen LogP contribution is 2.23. The smallest absolute Gasteiger partial charge is 0.184 e. The molecule has 2 aromatic carbocycles. The summed E-state index contributed by atoms with van der Waals surface area (Å²) in [6.07, 6.45) is -0.331. The Morgan fingerprint density at radius 3 is 2.29 bits per heavy atom. The van der Waals surface area contributed by atoms with E-state index in [1.165, 1.54) is 0 Å². The van der Waals surface area contributed by atoms with Gasteiger partial charge in [0.1, 0.15) is 6.10 Å². The highest BCUT2D eigenvalue weighted by atomic mass is 35.5. The van der Waals surface area contributed by atoms with Gasteiger partial charge in [0.05, 0.1) is 19.8 Å². The van der Waals surface area contributed by atoms with Gasteiger partial charge in [-0.05, 0) is 17.7 Å². The Balaban J connectivity index is 1.47. The van der Waals surface area contributed by atoms with Gasteiger partial charge in [0.25, 0.3) is 0 Å². The van der Waals surface area contributed by atoms with E-state index in [-0.39, 0.29) is 12.4 Å². The minimum absolute atomic E-state index is 0.0411. The fourth-order valence-electron chi connectivity index (χ4n) is 2.18. The van der Waals surface area contributed by atoms with Crippen LogP contribution in [0.2, 0.25) is 5.02 Å². The zero-order valence-electron chi connectivity index (χ0n) is 11.6. The summed E-state index contributed by atoms with van der Waals surface area (Å²) in [5, 5.41) is 0.730. The van der Waals surface area contributed by atoms with Gasteiger partial charge in [-0.25, -0.2) is 0 Å². The molecule has 0 aliphatic carbocycles. The number of hydrogen-bond donors (Lipinski definition) is 0. The number of rotatable bonds is 4. The van der Waals surface area contributed by atoms with Crippen LogP contribution in [-0.2, 0) is 20.8 Å². The fraction of sp³-hybridized carbons (Fsp3) is 0.294. The maximum Gasteiger partial charge on any atom is 0.184 e. The molecule has 0 N–H and O–H groups in total. The van der Waals surface area contributed by atoms with E-state index in [1.807, 2.05) is 54.6 Å². The first kappa shape index (κ1) is 14.5. The van der Waals surface area contributed by atoms with Crippen molar-refractivity contribution in [2.24, 2.45) is 0 Å². The van der Waals surface area contributed by atoms with Crippen LogP contribution in [-0.4, -0.2) is 19.3 Å². The molecule has 0 atom stereocenters. The molecule has 1 heterocycles. The topological polar surface area (TPSA) is 27.7 Å². The van der Waals surface area contributed by atoms with Crippen molar-refractivity contribution in [1.29, 1.82) is 0 Å². The molecular weight excluding hydrogens is 288 g/mol. The van der Waals surface area contributed by atoms with E-state index in [0.717, 1.165) is 16.1 Å². The Labute approximate surface area is 129 Å². The zero-order valence-corrected chi connectivity index (χ0v) is 12.3. The van der Waals surface area contributed by atoms with Crippen LogP contribution in [0.15, 0.2) is 54.6 Å². The normalized spacial score (nSPS) is 22.1. The van der Waals surface area contributed by atoms with E-state index in [1.54, 1.807) is 0 Å². The van der Waals surface area contributed by atoms with Crippen molar-refractivity contribution in [3.05, 3.63) is 70.7 Å². The summed E-state index contributed by atoms with van der Waals surface area (Å²) >= 11 is 5.85. The van der Waals surface area contributed by atoms with Crippen molar-refractivity contribution in [2.45, 2.75) is 19.0 Å². The van der Waals surface area contributed by atoms with Crippen LogP contribution in [0.4, 0.5) is 0 Å². The second kappa shape index (κ2) is 7.05. The molecule has 0 radical (unpaired) electrons. The quantitative estimate of drug-likeness (QED) is 0.855. The molecule has 3 rings (SSSR count). The van der Waals surface area contributed by atoms with E-state index in [2.05, 4.69) is 0 Å². The van der Waals surface area contributed by atoms with Crippen LogP contribution in [0.1, 0.15) is 17.4 Å². The summed E-state index contributed by atoms with van der Waals surface area (Å²) in [5.41, 5.74) is 2.12. The van der Waals surface area contributed by atoms with Crippen LogP contribution in [0, 0.1) is 0 Å². The number of benzene rings is 2. The van der Waals surface area contributed by atoms with Crippen molar-refractivity contribution in [2.75, 3.05) is 13.2 Å². The Hall–Kier alpha value is -1.39. The van der Waals surface area contributed by atoms with Crippen LogP contribution in [0.25, 0.3) is 0 Å². The standard InChI is InChI=1S/C17H17ClO3/c18-15-8-6-13(7-9-15)10-19-16-11-20-17(21-12-16)14-4-2-1-3-5-14/h1-9,16-17H,10-12H2. The summed E-state index contributed by atoms with van der Waals surface area (Å²) < 4.78 is 17.2. The monoisotopic (exact) mass is 304 g/mol. The van der Waals surface area contributed by atoms with Crippen molar-refractivity contribution >= 4 is 11.6 Å². The third-order valence-corrected chi connectivity index (χ3v) is 3.59. The SMILES string of the molecule is Clc1ccc(COC2COC(c3ccccc3)OC2)cc1. The minimum Gasteiger partial charge on any atom is -0.369 e. The van der Waals surface area contributed by atoms with E-state index in [4.69, 9.17) is 25.8 Å². The molecule has 0 spiro atoms. The molecule has 0 bridgehead atoms. The lowest BCUT2D eigenvalue weighted by molar-refractivity contribution is -0.232. The van der Waals surface area contributed by atoms with Gasteiger partial charge in [0.15, 0.2) is 6.29 Å². The van der Waals surface area contributed by atoms with Gasteiger partial charge in [-0.3, -0.25) is 0 Å². The summed E-state index contributed by atoms with van der Waals surface area (Å²) in [6, 6.07) is 17.6. The lowest BCUT2D eigenvalue weighted by atomic mass is 10.2. The molecule has 2 aromatic rings. The molecule has 0 unspecified atom stereocenters. The molecule has 1 aliphatic heterocycles. The summed E-state index contributed by atoms with van der Waals surface area (Å²) in [6.45, 7) is 1.60. The highest BCUT2D eigenvalue weighted by molar-refractivity contribution is 6.30. The Morgan fingerprint density at radius 1 is 0.952 bits per heavy atom. The molecule has 1 fully saturated rings. The summed E-state index contributed by atoms with van der Waals surface area (Å²) in [7, 11) is 0. The van der Waals surface area contributed by atoms with E-state index in [9.17, 15) is 0 Å². The van der Waals surface area contributed by atoms with Gasteiger partial charge < -0.3 is 14.2 Å². The Bertz CT molecular complexity index is 548. The molecule has 3 nitrogen and oxygen atoms in total. The lowest BCUT2D eigenvalue weighted by Gasteiger charge is -2.29. The molecule has 0 amide bonds. The second-order valence-electron chi connectivity index (χ2n) is 4.97. The van der Waals surface area contributed by atoms with Crippen LogP contribution >= 0.6 is 11.6 Å². The first-order chi connectivity index (χ1) is 10.3. The van der Waals surface area contributed by atoms with Gasteiger partial charge in [-0.1, -0.05) is 54.1 Å². The minimum atomic E-state index is -0.290. The predicted molar refractivity (Wildman–Crippen MR) is 81.1 cm³/mol. The van der Waals surface area contributed by atoms with E-state index >= 15 is 0 Å². The maximum atomic E-state index is 5.85. The van der Waals surface area contributed by atoms with Crippen molar-refractivity contribution in [3.63, 3.8) is 0 Å². The molecule has 1 aliphatic rings. The molecule has 0 saturated carbocycles. The molecule has 110 valence electrons. The Kier molecular flexibility index (Phi) is 4.88. The number of ether oxygens (including phenoxy) is 3. The fourth-order valence-corrected chi connectivity index (χ4v) is 2.31. The maximum absolute atomic E-state index is 5.85. The largest absolute Gasteiger partial charge is 0.369 e. The highest BCUT2D eigenvalue weighted by Gasteiger charge is 2.23. The average molecular weight is 305 g/mol. The number of halogens is 1.